The van der Waals surface area contributed by atoms with Crippen LogP contribution in [0.1, 0.15) is 31.4 Å². The maximum absolute atomic E-state index is 12.6. The molecule has 1 N–H and O–H groups in total. The maximum Gasteiger partial charge on any atom is 0.243 e. The minimum absolute atomic E-state index is 0.324. The lowest BCUT2D eigenvalue weighted by Gasteiger charge is -2.28. The van der Waals surface area contributed by atoms with Gasteiger partial charge in [0.1, 0.15) is 11.8 Å². The number of carbonyl (C=O) groups excluding carboxylic acids is 1. The van der Waals surface area contributed by atoms with E-state index in [1.165, 1.54) is 4.31 Å². The summed E-state index contributed by atoms with van der Waals surface area (Å²) in [6, 6.07) is 14.2. The summed E-state index contributed by atoms with van der Waals surface area (Å²) in [6.07, 6.45) is 3.46. The van der Waals surface area contributed by atoms with Crippen molar-refractivity contribution in [2.45, 2.75) is 39.2 Å². The largest absolute Gasteiger partial charge is 0.496 e. The molecule has 0 heterocycles. The quantitative estimate of drug-likeness (QED) is 0.602. The Balaban J connectivity index is 1.99. The van der Waals surface area contributed by atoms with Crippen LogP contribution in [0, 0.1) is 0 Å². The predicted octanol–water partition coefficient (Wildman–Crippen LogP) is 3.16. The Labute approximate surface area is 173 Å². The molecule has 0 aliphatic heterocycles. The molecule has 0 fully saturated rings. The lowest BCUT2D eigenvalue weighted by atomic mass is 10.1. The molecule has 0 aliphatic rings. The van der Waals surface area contributed by atoms with E-state index in [4.69, 9.17) is 4.74 Å². The molecule has 29 heavy (non-hydrogen) atoms. The molecule has 0 aromatic heterocycles. The van der Waals surface area contributed by atoms with Crippen LogP contribution in [-0.2, 0) is 27.7 Å². The number of aryl methyl sites for hydroxylation is 2. The molecule has 0 radical (unpaired) electrons. The van der Waals surface area contributed by atoms with Crippen molar-refractivity contribution in [2.24, 2.45) is 0 Å². The smallest absolute Gasteiger partial charge is 0.243 e. The van der Waals surface area contributed by atoms with Crippen molar-refractivity contribution in [3.63, 3.8) is 0 Å². The summed E-state index contributed by atoms with van der Waals surface area (Å²) in [7, 11) is -1.97. The van der Waals surface area contributed by atoms with E-state index in [0.717, 1.165) is 42.4 Å². The third-order valence-electron chi connectivity index (χ3n) is 4.80. The highest BCUT2D eigenvalue weighted by Gasteiger charge is 2.28. The fraction of sp³-hybridized carbons (Fsp3) is 0.409. The van der Waals surface area contributed by atoms with Gasteiger partial charge >= 0.3 is 0 Å². The Kier molecular flexibility index (Phi) is 8.08. The number of nitrogens with one attached hydrogen (secondary N) is 1. The van der Waals surface area contributed by atoms with E-state index in [9.17, 15) is 13.2 Å². The summed E-state index contributed by atoms with van der Waals surface area (Å²) >= 11 is 0. The van der Waals surface area contributed by atoms with Crippen LogP contribution >= 0.6 is 0 Å². The second-order valence-corrected chi connectivity index (χ2v) is 8.82. The highest BCUT2D eigenvalue weighted by atomic mass is 32.2. The lowest BCUT2D eigenvalue weighted by molar-refractivity contribution is -0.121. The number of rotatable bonds is 10. The molecule has 0 bridgehead atoms. The van der Waals surface area contributed by atoms with E-state index in [1.807, 2.05) is 43.3 Å². The Bertz CT molecular complexity index is 911. The van der Waals surface area contributed by atoms with E-state index in [2.05, 4.69) is 5.32 Å². The maximum atomic E-state index is 12.6. The molecule has 2 aromatic rings. The molecular formula is C22H30N2O4S. The second-order valence-electron chi connectivity index (χ2n) is 6.96. The molecule has 0 saturated carbocycles. The molecule has 2 aromatic carbocycles. The van der Waals surface area contributed by atoms with Gasteiger partial charge in [-0.2, -0.15) is 0 Å². The fourth-order valence-electron chi connectivity index (χ4n) is 3.24. The van der Waals surface area contributed by atoms with Gasteiger partial charge in [-0.25, -0.2) is 8.42 Å². The number of hydrogen-bond donors (Lipinski definition) is 1. The fourth-order valence-corrected chi connectivity index (χ4v) is 4.41. The number of methoxy groups -OCH3 is 1. The van der Waals surface area contributed by atoms with Crippen molar-refractivity contribution in [2.75, 3.05) is 24.2 Å². The molecule has 158 valence electrons. The summed E-state index contributed by atoms with van der Waals surface area (Å²) in [4.78, 5) is 12.6. The minimum atomic E-state index is -3.61. The highest BCUT2D eigenvalue weighted by Crippen LogP contribution is 2.22. The summed E-state index contributed by atoms with van der Waals surface area (Å²) in [6.45, 7) is 4.09. The summed E-state index contributed by atoms with van der Waals surface area (Å²) < 4.78 is 31.2. The third-order valence-corrected chi connectivity index (χ3v) is 6.04. The molecule has 0 unspecified atom stereocenters. The number of ether oxygens (including phenoxy) is 1. The molecule has 7 heteroatoms. The number of hydrogen-bond acceptors (Lipinski definition) is 4. The molecule has 6 nitrogen and oxygen atoms in total. The van der Waals surface area contributed by atoms with E-state index >= 15 is 0 Å². The van der Waals surface area contributed by atoms with Crippen molar-refractivity contribution in [1.82, 2.24) is 5.32 Å². The number of carbonyl (C=O) groups is 1. The zero-order valence-corrected chi connectivity index (χ0v) is 18.3. The van der Waals surface area contributed by atoms with E-state index in [1.54, 1.807) is 26.2 Å². The van der Waals surface area contributed by atoms with Crippen molar-refractivity contribution in [1.29, 1.82) is 0 Å². The zero-order valence-electron chi connectivity index (χ0n) is 17.5. The number of para-hydroxylation sites is 1. The first-order chi connectivity index (χ1) is 13.8. The summed E-state index contributed by atoms with van der Waals surface area (Å²) in [5, 5.41) is 2.85. The molecule has 1 atom stereocenters. The van der Waals surface area contributed by atoms with Crippen LogP contribution < -0.4 is 14.4 Å². The van der Waals surface area contributed by atoms with E-state index in [0.29, 0.717) is 12.2 Å². The molecule has 2 rings (SSSR count). The summed E-state index contributed by atoms with van der Waals surface area (Å²) in [5.74, 6) is 0.501. The molecule has 1 amide bonds. The number of sulfonamides is 1. The first-order valence-electron chi connectivity index (χ1n) is 9.75. The van der Waals surface area contributed by atoms with Crippen LogP contribution in [0.25, 0.3) is 0 Å². The van der Waals surface area contributed by atoms with Gasteiger partial charge < -0.3 is 10.1 Å². The molecule has 0 saturated heterocycles. The van der Waals surface area contributed by atoms with Crippen LogP contribution in [0.15, 0.2) is 48.5 Å². The average molecular weight is 419 g/mol. The van der Waals surface area contributed by atoms with Gasteiger partial charge in [0, 0.05) is 6.54 Å². The van der Waals surface area contributed by atoms with Crippen molar-refractivity contribution >= 4 is 21.6 Å². The Morgan fingerprint density at radius 3 is 2.38 bits per heavy atom. The van der Waals surface area contributed by atoms with E-state index < -0.39 is 16.1 Å². The number of amides is 1. The molecule has 0 aliphatic carbocycles. The number of benzene rings is 2. The Morgan fingerprint density at radius 2 is 1.79 bits per heavy atom. The minimum Gasteiger partial charge on any atom is -0.496 e. The van der Waals surface area contributed by atoms with Gasteiger partial charge in [-0.15, -0.1) is 0 Å². The standard InChI is InChI=1S/C22H30N2O4S/c1-5-18-12-14-20(15-13-18)24(29(4,26)27)17(2)22(25)23-16-8-10-19-9-6-7-11-21(19)28-3/h6-7,9,11-15,17H,5,8,10,16H2,1-4H3,(H,23,25)/t17-/m0/s1. The Hall–Kier alpha value is -2.54. The molecular weight excluding hydrogens is 388 g/mol. The van der Waals surface area contributed by atoms with Crippen molar-refractivity contribution in [3.8, 4) is 5.75 Å². The zero-order chi connectivity index (χ0) is 21.4. The lowest BCUT2D eigenvalue weighted by Crippen LogP contribution is -2.48. The van der Waals surface area contributed by atoms with Crippen LogP contribution in [-0.4, -0.2) is 40.3 Å². The molecule has 0 spiro atoms. The first kappa shape index (κ1) is 22.7. The van der Waals surface area contributed by atoms with Crippen molar-refractivity contribution in [3.05, 3.63) is 59.7 Å². The SMILES string of the molecule is CCc1ccc(N([C@@H](C)C(=O)NCCCc2ccccc2OC)S(C)(=O)=O)cc1. The van der Waals surface area contributed by atoms with Crippen LogP contribution in [0.3, 0.4) is 0 Å². The highest BCUT2D eigenvalue weighted by molar-refractivity contribution is 7.92. The second kappa shape index (κ2) is 10.3. The van der Waals surface area contributed by atoms with Crippen LogP contribution in [0.2, 0.25) is 0 Å². The topological polar surface area (TPSA) is 75.7 Å². The normalized spacial score (nSPS) is 12.3. The summed E-state index contributed by atoms with van der Waals surface area (Å²) in [5.41, 5.74) is 2.67. The van der Waals surface area contributed by atoms with Gasteiger partial charge in [0.05, 0.1) is 19.1 Å². The van der Waals surface area contributed by atoms with Gasteiger partial charge in [-0.3, -0.25) is 9.10 Å². The average Bonchev–Trinajstić information content (AvgIpc) is 2.70. The number of anilines is 1. The number of nitrogens with zero attached hydrogens (tertiary/aromatic N) is 1. The predicted molar refractivity (Wildman–Crippen MR) is 117 cm³/mol. The van der Waals surface area contributed by atoms with Gasteiger partial charge in [-0.05, 0) is 55.5 Å². The first-order valence-corrected chi connectivity index (χ1v) is 11.6. The van der Waals surface area contributed by atoms with Gasteiger partial charge in [-0.1, -0.05) is 37.3 Å². The van der Waals surface area contributed by atoms with Crippen LogP contribution in [0.5, 0.6) is 5.75 Å². The third kappa shape index (κ3) is 6.22. The van der Waals surface area contributed by atoms with E-state index in [-0.39, 0.29) is 5.91 Å². The van der Waals surface area contributed by atoms with Crippen molar-refractivity contribution < 1.29 is 17.9 Å². The van der Waals surface area contributed by atoms with Crippen LogP contribution in [0.4, 0.5) is 5.69 Å². The van der Waals surface area contributed by atoms with Gasteiger partial charge in [0.15, 0.2) is 0 Å². The van der Waals surface area contributed by atoms with Gasteiger partial charge in [0.25, 0.3) is 0 Å². The Morgan fingerprint density at radius 1 is 1.14 bits per heavy atom. The monoisotopic (exact) mass is 418 g/mol. The van der Waals surface area contributed by atoms with Gasteiger partial charge in [0.2, 0.25) is 15.9 Å².